The van der Waals surface area contributed by atoms with Crippen LogP contribution in [0.4, 0.5) is 0 Å². The molecule has 0 aromatic rings. The highest BCUT2D eigenvalue weighted by molar-refractivity contribution is 5.25. The molecule has 0 spiro atoms. The van der Waals surface area contributed by atoms with Crippen LogP contribution in [-0.2, 0) is 14.2 Å². The first-order valence-corrected chi connectivity index (χ1v) is 9.91. The van der Waals surface area contributed by atoms with Crippen molar-refractivity contribution in [3.05, 3.63) is 24.0 Å². The molecule has 7 atom stereocenters. The number of fused-ring (bicyclic) bond motifs is 1. The number of methoxy groups -OCH3 is 3. The van der Waals surface area contributed by atoms with Crippen LogP contribution in [0.25, 0.3) is 0 Å². The lowest BCUT2D eigenvalue weighted by molar-refractivity contribution is -0.189. The minimum absolute atomic E-state index is 0.0172. The maximum atomic E-state index is 11.8. The van der Waals surface area contributed by atoms with Crippen molar-refractivity contribution in [2.45, 2.75) is 56.3 Å². The standard InChI is InChI=1S/C21H34O5/c1-24-17-9-6-8-15-19(17)18(25-2)13-16(20(15)26-3)21(23)11-5-4-7-14(21)10-12-22/h6,8-9,14-16,18-20,22-23H,4-5,7,10-13H2,1-3H3. The molecule has 0 aromatic carbocycles. The summed E-state index contributed by atoms with van der Waals surface area (Å²) in [6, 6.07) is 0. The van der Waals surface area contributed by atoms with Gasteiger partial charge in [-0.25, -0.2) is 0 Å². The van der Waals surface area contributed by atoms with Crippen LogP contribution < -0.4 is 0 Å². The summed E-state index contributed by atoms with van der Waals surface area (Å²) in [6.07, 6.45) is 11.4. The lowest BCUT2D eigenvalue weighted by Crippen LogP contribution is -2.59. The molecule has 0 radical (unpaired) electrons. The molecule has 148 valence electrons. The quantitative estimate of drug-likeness (QED) is 0.756. The molecule has 0 aromatic heterocycles. The third-order valence-corrected chi connectivity index (χ3v) is 7.02. The molecule has 0 bridgehead atoms. The molecule has 3 aliphatic rings. The molecule has 7 unspecified atom stereocenters. The Kier molecular flexibility index (Phi) is 6.44. The van der Waals surface area contributed by atoms with E-state index in [2.05, 4.69) is 6.08 Å². The zero-order valence-corrected chi connectivity index (χ0v) is 16.3. The van der Waals surface area contributed by atoms with Gasteiger partial charge in [-0.1, -0.05) is 25.0 Å². The van der Waals surface area contributed by atoms with Gasteiger partial charge in [-0.3, -0.25) is 0 Å². The Morgan fingerprint density at radius 3 is 2.65 bits per heavy atom. The smallest absolute Gasteiger partial charge is 0.102 e. The molecule has 3 aliphatic carbocycles. The van der Waals surface area contributed by atoms with Crippen molar-refractivity contribution in [2.24, 2.45) is 23.7 Å². The second-order valence-electron chi connectivity index (χ2n) is 8.02. The fraction of sp³-hybridized carbons (Fsp3) is 0.810. The fourth-order valence-electron chi connectivity index (χ4n) is 5.79. The summed E-state index contributed by atoms with van der Waals surface area (Å²) < 4.78 is 17.5. The summed E-state index contributed by atoms with van der Waals surface area (Å²) in [5.41, 5.74) is -0.814. The second-order valence-corrected chi connectivity index (χ2v) is 8.02. The molecule has 0 amide bonds. The number of allylic oxidation sites excluding steroid dienone is 2. The first-order chi connectivity index (χ1) is 12.6. The van der Waals surface area contributed by atoms with Crippen molar-refractivity contribution in [3.8, 4) is 0 Å². The summed E-state index contributed by atoms with van der Waals surface area (Å²) in [4.78, 5) is 0. The van der Waals surface area contributed by atoms with Gasteiger partial charge in [0.15, 0.2) is 0 Å². The van der Waals surface area contributed by atoms with Crippen molar-refractivity contribution >= 4 is 0 Å². The molecule has 0 saturated heterocycles. The van der Waals surface area contributed by atoms with Crippen molar-refractivity contribution in [2.75, 3.05) is 27.9 Å². The van der Waals surface area contributed by atoms with E-state index in [-0.39, 0.29) is 42.5 Å². The van der Waals surface area contributed by atoms with E-state index in [0.717, 1.165) is 37.9 Å². The predicted molar refractivity (Wildman–Crippen MR) is 99.5 cm³/mol. The Labute approximate surface area is 157 Å². The number of aliphatic hydroxyl groups is 2. The lowest BCUT2D eigenvalue weighted by Gasteiger charge is -2.54. The summed E-state index contributed by atoms with van der Waals surface area (Å²) in [6.45, 7) is 0.119. The van der Waals surface area contributed by atoms with Crippen LogP contribution in [0.1, 0.15) is 38.5 Å². The first kappa shape index (κ1) is 19.9. The Morgan fingerprint density at radius 2 is 2.00 bits per heavy atom. The summed E-state index contributed by atoms with van der Waals surface area (Å²) >= 11 is 0. The monoisotopic (exact) mass is 366 g/mol. The minimum atomic E-state index is -0.814. The first-order valence-electron chi connectivity index (χ1n) is 9.91. The van der Waals surface area contributed by atoms with Gasteiger partial charge in [0, 0.05) is 32.7 Å². The van der Waals surface area contributed by atoms with E-state index in [4.69, 9.17) is 14.2 Å². The highest BCUT2D eigenvalue weighted by Crippen LogP contribution is 2.52. The number of hydrogen-bond donors (Lipinski definition) is 2. The van der Waals surface area contributed by atoms with Crippen LogP contribution >= 0.6 is 0 Å². The SMILES string of the molecule is COC1=CC=CC2C(OC)C(C3(O)CCCCC3CCO)CC(OC)C12. The summed E-state index contributed by atoms with van der Waals surface area (Å²) in [5, 5.41) is 21.3. The molecule has 26 heavy (non-hydrogen) atoms. The molecule has 5 nitrogen and oxygen atoms in total. The van der Waals surface area contributed by atoms with Crippen LogP contribution in [0.3, 0.4) is 0 Å². The van der Waals surface area contributed by atoms with E-state index >= 15 is 0 Å². The van der Waals surface area contributed by atoms with Gasteiger partial charge >= 0.3 is 0 Å². The lowest BCUT2D eigenvalue weighted by atomic mass is 9.57. The third kappa shape index (κ3) is 3.35. The van der Waals surface area contributed by atoms with Gasteiger partial charge < -0.3 is 24.4 Å². The Hall–Kier alpha value is -0.880. The maximum Gasteiger partial charge on any atom is 0.102 e. The van der Waals surface area contributed by atoms with Crippen LogP contribution in [0.5, 0.6) is 0 Å². The molecule has 0 aliphatic heterocycles. The molecule has 5 heteroatoms. The van der Waals surface area contributed by atoms with Crippen molar-refractivity contribution in [3.63, 3.8) is 0 Å². The van der Waals surface area contributed by atoms with Gasteiger partial charge in [0.25, 0.3) is 0 Å². The molecule has 2 N–H and O–H groups in total. The van der Waals surface area contributed by atoms with Gasteiger partial charge in [0.1, 0.15) is 5.76 Å². The molecule has 2 saturated carbocycles. The van der Waals surface area contributed by atoms with E-state index in [1.165, 1.54) is 0 Å². The topological polar surface area (TPSA) is 68.2 Å². The fourth-order valence-corrected chi connectivity index (χ4v) is 5.79. The van der Waals surface area contributed by atoms with Gasteiger partial charge in [0.2, 0.25) is 0 Å². The predicted octanol–water partition coefficient (Wildman–Crippen LogP) is 2.67. The van der Waals surface area contributed by atoms with E-state index in [1.807, 2.05) is 12.2 Å². The van der Waals surface area contributed by atoms with Gasteiger partial charge in [-0.2, -0.15) is 0 Å². The average Bonchev–Trinajstić information content (AvgIpc) is 2.68. The number of rotatable bonds is 6. The second kappa shape index (κ2) is 8.42. The zero-order chi connectivity index (χ0) is 18.7. The van der Waals surface area contributed by atoms with E-state index in [0.29, 0.717) is 6.42 Å². The highest BCUT2D eigenvalue weighted by atomic mass is 16.5. The van der Waals surface area contributed by atoms with E-state index in [9.17, 15) is 10.2 Å². The molecule has 0 heterocycles. The van der Waals surface area contributed by atoms with Crippen LogP contribution in [0.2, 0.25) is 0 Å². The van der Waals surface area contributed by atoms with Crippen molar-refractivity contribution < 1.29 is 24.4 Å². The van der Waals surface area contributed by atoms with Crippen molar-refractivity contribution in [1.29, 1.82) is 0 Å². The molecule has 2 fully saturated rings. The number of hydrogen-bond acceptors (Lipinski definition) is 5. The van der Waals surface area contributed by atoms with E-state index in [1.54, 1.807) is 21.3 Å². The van der Waals surface area contributed by atoms with Gasteiger partial charge in [0.05, 0.1) is 30.8 Å². The highest BCUT2D eigenvalue weighted by Gasteiger charge is 2.56. The largest absolute Gasteiger partial charge is 0.501 e. The van der Waals surface area contributed by atoms with Gasteiger partial charge in [-0.05, 0) is 37.7 Å². The minimum Gasteiger partial charge on any atom is -0.501 e. The zero-order valence-electron chi connectivity index (χ0n) is 16.3. The Morgan fingerprint density at radius 1 is 1.19 bits per heavy atom. The number of ether oxygens (including phenoxy) is 3. The maximum absolute atomic E-state index is 11.8. The van der Waals surface area contributed by atoms with Crippen LogP contribution in [0, 0.1) is 23.7 Å². The number of aliphatic hydroxyl groups excluding tert-OH is 1. The summed E-state index contributed by atoms with van der Waals surface area (Å²) in [5.74, 6) is 1.25. The van der Waals surface area contributed by atoms with Crippen LogP contribution in [-0.4, -0.2) is 56.0 Å². The Balaban J connectivity index is 1.94. The van der Waals surface area contributed by atoms with E-state index < -0.39 is 5.60 Å². The van der Waals surface area contributed by atoms with Gasteiger partial charge in [-0.15, -0.1) is 0 Å². The third-order valence-electron chi connectivity index (χ3n) is 7.02. The van der Waals surface area contributed by atoms with Crippen LogP contribution in [0.15, 0.2) is 24.0 Å². The Bertz CT molecular complexity index is 528. The molecular formula is C21H34O5. The normalized spacial score (nSPS) is 42.9. The molecule has 3 rings (SSSR count). The molecular weight excluding hydrogens is 332 g/mol. The van der Waals surface area contributed by atoms with Crippen molar-refractivity contribution in [1.82, 2.24) is 0 Å². The summed E-state index contributed by atoms with van der Waals surface area (Å²) in [7, 11) is 5.19. The average molecular weight is 366 g/mol.